The molecular formula is C18H19ClN2O. The monoisotopic (exact) mass is 314 g/mol. The summed E-state index contributed by atoms with van der Waals surface area (Å²) >= 11 is 5.99. The zero-order chi connectivity index (χ0) is 15.9. The molecule has 114 valence electrons. The molecular weight excluding hydrogens is 296 g/mol. The predicted molar refractivity (Wildman–Crippen MR) is 90.2 cm³/mol. The molecule has 1 aliphatic heterocycles. The summed E-state index contributed by atoms with van der Waals surface area (Å²) in [6, 6.07) is 10.1. The molecule has 2 heterocycles. The Morgan fingerprint density at radius 1 is 1.14 bits per heavy atom. The number of nitrogens with zero attached hydrogens (tertiary/aromatic N) is 1. The first-order valence-electron chi connectivity index (χ1n) is 7.33. The highest BCUT2D eigenvalue weighted by molar-refractivity contribution is 6.30. The van der Waals surface area contributed by atoms with Crippen LogP contribution in [0, 0.1) is 6.92 Å². The fourth-order valence-electron chi connectivity index (χ4n) is 3.09. The molecule has 0 radical (unpaired) electrons. The van der Waals surface area contributed by atoms with Gasteiger partial charge in [-0.25, -0.2) is 0 Å². The van der Waals surface area contributed by atoms with Gasteiger partial charge in [0.25, 0.3) is 5.56 Å². The van der Waals surface area contributed by atoms with E-state index in [2.05, 4.69) is 30.4 Å². The van der Waals surface area contributed by atoms with E-state index in [1.807, 2.05) is 31.3 Å². The first kappa shape index (κ1) is 14.9. The number of allylic oxidation sites excluding steroid dienone is 1. The molecule has 2 atom stereocenters. The van der Waals surface area contributed by atoms with Crippen LogP contribution in [0.5, 0.6) is 0 Å². The van der Waals surface area contributed by atoms with E-state index < -0.39 is 0 Å². The highest BCUT2D eigenvalue weighted by atomic mass is 35.5. The maximum Gasteiger partial charge on any atom is 0.253 e. The molecule has 3 nitrogen and oxygen atoms in total. The van der Waals surface area contributed by atoms with E-state index in [0.717, 1.165) is 21.8 Å². The van der Waals surface area contributed by atoms with Gasteiger partial charge in [0.15, 0.2) is 0 Å². The number of aromatic nitrogens is 1. The minimum atomic E-state index is 0.0504. The topological polar surface area (TPSA) is 34.0 Å². The number of aryl methyl sites for hydroxylation is 2. The Balaban J connectivity index is 2.03. The van der Waals surface area contributed by atoms with Gasteiger partial charge in [-0.1, -0.05) is 29.8 Å². The highest BCUT2D eigenvalue weighted by Crippen LogP contribution is 2.38. The Bertz CT molecular complexity index is 763. The van der Waals surface area contributed by atoms with Gasteiger partial charge in [0.05, 0.1) is 6.04 Å². The lowest BCUT2D eigenvalue weighted by Gasteiger charge is -2.22. The third-order valence-corrected chi connectivity index (χ3v) is 4.42. The molecule has 0 spiro atoms. The second-order valence-electron chi connectivity index (χ2n) is 5.92. The van der Waals surface area contributed by atoms with Crippen LogP contribution in [-0.4, -0.2) is 4.57 Å². The Morgan fingerprint density at radius 2 is 1.82 bits per heavy atom. The number of benzene rings is 1. The van der Waals surface area contributed by atoms with Gasteiger partial charge in [-0.3, -0.25) is 4.79 Å². The van der Waals surface area contributed by atoms with E-state index >= 15 is 0 Å². The second kappa shape index (κ2) is 5.65. The van der Waals surface area contributed by atoms with Crippen molar-refractivity contribution in [3.8, 4) is 0 Å². The normalized spacial score (nSPS) is 20.6. The zero-order valence-electron chi connectivity index (χ0n) is 12.9. The van der Waals surface area contributed by atoms with E-state index in [0.29, 0.717) is 0 Å². The van der Waals surface area contributed by atoms with Crippen LogP contribution in [0.4, 0.5) is 0 Å². The van der Waals surface area contributed by atoms with Crippen LogP contribution in [0.25, 0.3) is 0 Å². The molecule has 1 aromatic carbocycles. The van der Waals surface area contributed by atoms with E-state index in [1.165, 1.54) is 5.56 Å². The molecule has 22 heavy (non-hydrogen) atoms. The molecule has 0 aliphatic carbocycles. The average Bonchev–Trinajstić information content (AvgIpc) is 2.87. The van der Waals surface area contributed by atoms with Gasteiger partial charge in [-0.05, 0) is 43.2 Å². The van der Waals surface area contributed by atoms with Crippen LogP contribution in [0.1, 0.15) is 35.6 Å². The van der Waals surface area contributed by atoms with Gasteiger partial charge >= 0.3 is 0 Å². The van der Waals surface area contributed by atoms with Crippen LogP contribution in [0.2, 0.25) is 5.02 Å². The Hall–Kier alpha value is -2.00. The smallest absolute Gasteiger partial charge is 0.253 e. The molecule has 0 fully saturated rings. The van der Waals surface area contributed by atoms with Crippen molar-refractivity contribution in [3.63, 3.8) is 0 Å². The molecule has 1 unspecified atom stereocenters. The van der Waals surface area contributed by atoms with Crippen molar-refractivity contribution in [2.75, 3.05) is 0 Å². The number of hydrogen-bond donors (Lipinski definition) is 1. The summed E-state index contributed by atoms with van der Waals surface area (Å²) < 4.78 is 1.65. The number of pyridine rings is 1. The summed E-state index contributed by atoms with van der Waals surface area (Å²) in [5, 5.41) is 4.26. The minimum absolute atomic E-state index is 0.0504. The lowest BCUT2D eigenvalue weighted by molar-refractivity contribution is 0.584. The third-order valence-electron chi connectivity index (χ3n) is 4.17. The summed E-state index contributed by atoms with van der Waals surface area (Å²) in [4.78, 5) is 11.9. The van der Waals surface area contributed by atoms with Crippen molar-refractivity contribution in [2.45, 2.75) is 25.8 Å². The van der Waals surface area contributed by atoms with Gasteiger partial charge < -0.3 is 9.88 Å². The molecule has 1 N–H and O–H groups in total. The molecule has 2 aromatic rings. The third kappa shape index (κ3) is 2.69. The molecule has 0 bridgehead atoms. The van der Waals surface area contributed by atoms with Crippen LogP contribution in [0.3, 0.4) is 0 Å². The number of halogens is 1. The van der Waals surface area contributed by atoms with Crippen molar-refractivity contribution >= 4 is 11.6 Å². The summed E-state index contributed by atoms with van der Waals surface area (Å²) in [5.74, 6) is 0.231. The molecule has 4 heteroatoms. The van der Waals surface area contributed by atoms with Crippen LogP contribution in [0.15, 0.2) is 53.1 Å². The SMILES string of the molecule is CC1=C[C@H](c2ccc(Cl)cc2)C(c2cc(C)c(=O)n(C)c2)N1. The maximum absolute atomic E-state index is 11.9. The van der Waals surface area contributed by atoms with Gasteiger partial charge in [0, 0.05) is 35.4 Å². The van der Waals surface area contributed by atoms with Crippen molar-refractivity contribution < 1.29 is 0 Å². The van der Waals surface area contributed by atoms with Gasteiger partial charge in [-0.15, -0.1) is 0 Å². The zero-order valence-corrected chi connectivity index (χ0v) is 13.7. The van der Waals surface area contributed by atoms with Crippen molar-refractivity contribution in [1.29, 1.82) is 0 Å². The van der Waals surface area contributed by atoms with Crippen molar-refractivity contribution in [3.05, 3.63) is 80.4 Å². The number of hydrogen-bond acceptors (Lipinski definition) is 2. The number of nitrogens with one attached hydrogen (secondary N) is 1. The first-order chi connectivity index (χ1) is 10.5. The lowest BCUT2D eigenvalue weighted by atomic mass is 9.89. The summed E-state index contributed by atoms with van der Waals surface area (Å²) in [7, 11) is 1.80. The van der Waals surface area contributed by atoms with E-state index in [1.54, 1.807) is 11.6 Å². The van der Waals surface area contributed by atoms with Crippen LogP contribution < -0.4 is 10.9 Å². The molecule has 1 aliphatic rings. The highest BCUT2D eigenvalue weighted by Gasteiger charge is 2.28. The van der Waals surface area contributed by atoms with E-state index in [-0.39, 0.29) is 17.5 Å². The summed E-state index contributed by atoms with van der Waals surface area (Å²) in [6.07, 6.45) is 4.15. The minimum Gasteiger partial charge on any atom is -0.381 e. The molecule has 3 rings (SSSR count). The lowest BCUT2D eigenvalue weighted by Crippen LogP contribution is -2.24. The van der Waals surface area contributed by atoms with E-state index in [9.17, 15) is 4.79 Å². The Kier molecular flexibility index (Phi) is 3.83. The Morgan fingerprint density at radius 3 is 2.45 bits per heavy atom. The maximum atomic E-state index is 11.9. The number of rotatable bonds is 2. The average molecular weight is 315 g/mol. The van der Waals surface area contributed by atoms with Gasteiger partial charge in [0.1, 0.15) is 0 Å². The standard InChI is InChI=1S/C18H19ClN2O/c1-11-8-14(10-21(3)18(11)22)17-16(9-12(2)20-17)13-4-6-15(19)7-5-13/h4-10,16-17,20H,1-3H3/t16-,17?/m1/s1. The van der Waals surface area contributed by atoms with E-state index in [4.69, 9.17) is 11.6 Å². The first-order valence-corrected chi connectivity index (χ1v) is 7.71. The predicted octanol–water partition coefficient (Wildman–Crippen LogP) is 3.68. The largest absolute Gasteiger partial charge is 0.381 e. The van der Waals surface area contributed by atoms with Crippen molar-refractivity contribution in [2.24, 2.45) is 7.05 Å². The Labute approximate surface area is 135 Å². The van der Waals surface area contributed by atoms with Crippen LogP contribution in [-0.2, 0) is 7.05 Å². The van der Waals surface area contributed by atoms with Gasteiger partial charge in [-0.2, -0.15) is 0 Å². The summed E-state index contributed by atoms with van der Waals surface area (Å²) in [5.41, 5.74) is 4.30. The fraction of sp³-hybridized carbons (Fsp3) is 0.278. The fourth-order valence-corrected chi connectivity index (χ4v) is 3.22. The van der Waals surface area contributed by atoms with Crippen LogP contribution >= 0.6 is 11.6 Å². The second-order valence-corrected chi connectivity index (χ2v) is 6.36. The van der Waals surface area contributed by atoms with Crippen molar-refractivity contribution in [1.82, 2.24) is 9.88 Å². The molecule has 0 saturated heterocycles. The molecule has 0 saturated carbocycles. The summed E-state index contributed by atoms with van der Waals surface area (Å²) in [6.45, 7) is 3.93. The molecule has 0 amide bonds. The quantitative estimate of drug-likeness (QED) is 0.917. The van der Waals surface area contributed by atoms with Gasteiger partial charge in [0.2, 0.25) is 0 Å². The molecule has 1 aromatic heterocycles.